The van der Waals surface area contributed by atoms with Gasteiger partial charge in [-0.05, 0) is 48.2 Å². The highest BCUT2D eigenvalue weighted by Gasteiger charge is 2.23. The maximum absolute atomic E-state index is 10.6. The first-order chi connectivity index (χ1) is 11.5. The van der Waals surface area contributed by atoms with E-state index >= 15 is 0 Å². The largest absolute Gasteiger partial charge is 0.383 e. The number of nitrogens with zero attached hydrogens (tertiary/aromatic N) is 3. The van der Waals surface area contributed by atoms with Crippen molar-refractivity contribution in [3.63, 3.8) is 0 Å². The van der Waals surface area contributed by atoms with E-state index in [4.69, 9.17) is 0 Å². The predicted molar refractivity (Wildman–Crippen MR) is 99.3 cm³/mol. The first-order valence-corrected chi connectivity index (χ1v) is 9.20. The molecule has 0 aliphatic rings. The monoisotopic (exact) mass is 349 g/mol. The molecular weight excluding hydrogens is 322 g/mol. The van der Waals surface area contributed by atoms with Crippen LogP contribution in [-0.4, -0.2) is 40.5 Å². The molecule has 7 heteroatoms. The van der Waals surface area contributed by atoms with E-state index in [2.05, 4.69) is 27.6 Å². The van der Waals surface area contributed by atoms with Gasteiger partial charge in [0.1, 0.15) is 5.60 Å². The number of guanidine groups is 1. The zero-order valence-electron chi connectivity index (χ0n) is 14.6. The molecule has 2 heterocycles. The Bertz CT molecular complexity index is 607. The van der Waals surface area contributed by atoms with Crippen molar-refractivity contribution in [2.24, 2.45) is 10.9 Å². The van der Waals surface area contributed by atoms with Crippen LogP contribution < -0.4 is 10.6 Å². The topological polar surface area (TPSA) is 74.5 Å². The van der Waals surface area contributed by atoms with Gasteiger partial charge in [0.15, 0.2) is 5.96 Å². The van der Waals surface area contributed by atoms with Gasteiger partial charge in [-0.3, -0.25) is 4.68 Å². The van der Waals surface area contributed by atoms with Gasteiger partial charge in [0.05, 0.1) is 6.54 Å². The number of thiophene rings is 1. The van der Waals surface area contributed by atoms with Crippen LogP contribution in [0.4, 0.5) is 0 Å². The average molecular weight is 350 g/mol. The minimum atomic E-state index is -0.955. The Kier molecular flexibility index (Phi) is 6.81. The van der Waals surface area contributed by atoms with Crippen molar-refractivity contribution in [3.05, 3.63) is 40.8 Å². The molecular formula is C17H27N5OS. The van der Waals surface area contributed by atoms with Crippen LogP contribution in [-0.2, 0) is 12.1 Å². The fraction of sp³-hybridized carbons (Fsp3) is 0.529. The maximum atomic E-state index is 10.6. The van der Waals surface area contributed by atoms with Crippen LogP contribution in [0.1, 0.15) is 26.3 Å². The van der Waals surface area contributed by atoms with Crippen LogP contribution in [0.3, 0.4) is 0 Å². The Labute approximate surface area is 147 Å². The van der Waals surface area contributed by atoms with Crippen molar-refractivity contribution in [1.82, 2.24) is 20.4 Å². The lowest BCUT2D eigenvalue weighted by molar-refractivity contribution is 0.0677. The molecule has 24 heavy (non-hydrogen) atoms. The molecule has 0 saturated carbocycles. The number of aromatic nitrogens is 2. The van der Waals surface area contributed by atoms with Gasteiger partial charge >= 0.3 is 0 Å². The number of hydrogen-bond acceptors (Lipinski definition) is 4. The van der Waals surface area contributed by atoms with Gasteiger partial charge in [0.2, 0.25) is 0 Å². The molecule has 0 amide bonds. The van der Waals surface area contributed by atoms with Crippen molar-refractivity contribution in [2.45, 2.75) is 32.9 Å². The van der Waals surface area contributed by atoms with Crippen LogP contribution in [0.15, 0.2) is 40.3 Å². The average Bonchev–Trinajstić information content (AvgIpc) is 3.23. The molecule has 3 N–H and O–H groups in total. The lowest BCUT2D eigenvalue weighted by Crippen LogP contribution is -2.41. The highest BCUT2D eigenvalue weighted by Crippen LogP contribution is 2.23. The van der Waals surface area contributed by atoms with E-state index in [-0.39, 0.29) is 0 Å². The number of aliphatic hydroxyl groups is 1. The van der Waals surface area contributed by atoms with Crippen molar-refractivity contribution < 1.29 is 5.11 Å². The third kappa shape index (κ3) is 5.65. The van der Waals surface area contributed by atoms with Crippen LogP contribution in [0.2, 0.25) is 0 Å². The Balaban J connectivity index is 1.88. The van der Waals surface area contributed by atoms with Crippen LogP contribution in [0, 0.1) is 5.92 Å². The van der Waals surface area contributed by atoms with Gasteiger partial charge in [0.25, 0.3) is 0 Å². The third-order valence-corrected chi connectivity index (χ3v) is 4.39. The first-order valence-electron chi connectivity index (χ1n) is 8.26. The summed E-state index contributed by atoms with van der Waals surface area (Å²) in [5.74, 6) is 1.13. The van der Waals surface area contributed by atoms with Gasteiger partial charge in [-0.2, -0.15) is 16.4 Å². The molecule has 0 aliphatic carbocycles. The predicted octanol–water partition coefficient (Wildman–Crippen LogP) is 2.04. The molecule has 0 aliphatic heterocycles. The molecule has 0 radical (unpaired) electrons. The van der Waals surface area contributed by atoms with E-state index in [1.807, 2.05) is 40.7 Å². The van der Waals surface area contributed by atoms with Gasteiger partial charge < -0.3 is 15.7 Å². The summed E-state index contributed by atoms with van der Waals surface area (Å²) < 4.78 is 1.93. The lowest BCUT2D eigenvalue weighted by Gasteiger charge is -2.21. The standard InChI is InChI=1S/C17H27N5OS/c1-4-18-16(19-10-14(2)11-22-8-5-7-21-22)20-13-17(3,23)15-6-9-24-12-15/h5-9,12,14,23H,4,10-11,13H2,1-3H3,(H2,18,19,20). The van der Waals surface area contributed by atoms with E-state index in [0.29, 0.717) is 12.5 Å². The molecule has 0 bridgehead atoms. The Morgan fingerprint density at radius 3 is 2.96 bits per heavy atom. The summed E-state index contributed by atoms with van der Waals surface area (Å²) in [7, 11) is 0. The number of nitrogens with one attached hydrogen (secondary N) is 2. The second-order valence-electron chi connectivity index (χ2n) is 6.20. The quantitative estimate of drug-likeness (QED) is 0.504. The molecule has 2 unspecified atom stereocenters. The van der Waals surface area contributed by atoms with Gasteiger partial charge in [-0.15, -0.1) is 0 Å². The molecule has 2 atom stereocenters. The van der Waals surface area contributed by atoms with E-state index in [0.717, 1.165) is 31.2 Å². The molecule has 0 aromatic carbocycles. The van der Waals surface area contributed by atoms with Gasteiger partial charge in [-0.25, -0.2) is 4.99 Å². The second-order valence-corrected chi connectivity index (χ2v) is 6.98. The van der Waals surface area contributed by atoms with Crippen molar-refractivity contribution in [1.29, 1.82) is 0 Å². The Hall–Kier alpha value is -1.86. The highest BCUT2D eigenvalue weighted by atomic mass is 32.1. The first kappa shape index (κ1) is 18.5. The van der Waals surface area contributed by atoms with Crippen molar-refractivity contribution in [3.8, 4) is 0 Å². The number of hydrogen-bond donors (Lipinski definition) is 3. The van der Waals surface area contributed by atoms with Crippen LogP contribution in [0.25, 0.3) is 0 Å². The third-order valence-electron chi connectivity index (χ3n) is 3.71. The van der Waals surface area contributed by atoms with Gasteiger partial charge in [-0.1, -0.05) is 6.92 Å². The smallest absolute Gasteiger partial charge is 0.191 e. The number of aliphatic imine (C=N–C) groups is 1. The van der Waals surface area contributed by atoms with E-state index < -0.39 is 5.60 Å². The highest BCUT2D eigenvalue weighted by molar-refractivity contribution is 7.08. The second kappa shape index (κ2) is 8.84. The minimum Gasteiger partial charge on any atom is -0.383 e. The summed E-state index contributed by atoms with van der Waals surface area (Å²) >= 11 is 1.58. The molecule has 2 rings (SSSR count). The molecule has 0 spiro atoms. The molecule has 6 nitrogen and oxygen atoms in total. The molecule has 132 valence electrons. The van der Waals surface area contributed by atoms with Crippen LogP contribution >= 0.6 is 11.3 Å². The van der Waals surface area contributed by atoms with E-state index in [1.165, 1.54) is 0 Å². The summed E-state index contributed by atoms with van der Waals surface area (Å²) in [6.07, 6.45) is 3.76. The van der Waals surface area contributed by atoms with Crippen molar-refractivity contribution in [2.75, 3.05) is 19.6 Å². The summed E-state index contributed by atoms with van der Waals surface area (Å²) in [6, 6.07) is 3.87. The molecule has 2 aromatic heterocycles. The lowest BCUT2D eigenvalue weighted by atomic mass is 10.00. The number of rotatable bonds is 8. The SMILES string of the molecule is CCNC(=NCC(C)(O)c1ccsc1)NCC(C)Cn1cccn1. The van der Waals surface area contributed by atoms with Crippen LogP contribution in [0.5, 0.6) is 0 Å². The fourth-order valence-corrected chi connectivity index (χ4v) is 3.08. The van der Waals surface area contributed by atoms with E-state index in [1.54, 1.807) is 24.5 Å². The van der Waals surface area contributed by atoms with E-state index in [9.17, 15) is 5.11 Å². The molecule has 0 fully saturated rings. The Morgan fingerprint density at radius 2 is 2.33 bits per heavy atom. The summed E-state index contributed by atoms with van der Waals surface area (Å²) in [4.78, 5) is 4.54. The van der Waals surface area contributed by atoms with Gasteiger partial charge in [0, 0.05) is 32.0 Å². The summed E-state index contributed by atoms with van der Waals surface area (Å²) in [5.41, 5.74) is -0.0533. The minimum absolute atomic E-state index is 0.312. The fourth-order valence-electron chi connectivity index (χ4n) is 2.30. The maximum Gasteiger partial charge on any atom is 0.191 e. The summed E-state index contributed by atoms with van der Waals surface area (Å²) in [6.45, 7) is 8.72. The zero-order valence-corrected chi connectivity index (χ0v) is 15.4. The summed E-state index contributed by atoms with van der Waals surface area (Å²) in [5, 5.41) is 25.3. The molecule has 0 saturated heterocycles. The normalized spacial score (nSPS) is 15.8. The Morgan fingerprint density at radius 1 is 1.50 bits per heavy atom. The zero-order chi connectivity index (χ0) is 17.4. The van der Waals surface area contributed by atoms with Crippen molar-refractivity contribution >= 4 is 17.3 Å². The molecule has 2 aromatic rings.